The lowest BCUT2D eigenvalue weighted by atomic mass is 9.75. The largest absolute Gasteiger partial charge is 0.475 e. The van der Waals surface area contributed by atoms with Gasteiger partial charge < -0.3 is 25.5 Å². The fourth-order valence-corrected chi connectivity index (χ4v) is 2.68. The third-order valence-electron chi connectivity index (χ3n) is 3.91. The number of carbonyl (C=O) groups excluding carboxylic acids is 2. The maximum absolute atomic E-state index is 12.3. The summed E-state index contributed by atoms with van der Waals surface area (Å²) in [6, 6.07) is 7.06. The van der Waals surface area contributed by atoms with Crippen molar-refractivity contribution in [2.75, 3.05) is 5.32 Å². The van der Waals surface area contributed by atoms with Gasteiger partial charge in [0, 0.05) is 19.0 Å². The summed E-state index contributed by atoms with van der Waals surface area (Å²) in [5.41, 5.74) is 2.07. The first-order chi connectivity index (χ1) is 12.3. The van der Waals surface area contributed by atoms with E-state index in [-0.39, 0.29) is 18.2 Å². The van der Waals surface area contributed by atoms with Gasteiger partial charge in [-0.05, 0) is 30.0 Å². The van der Waals surface area contributed by atoms with Gasteiger partial charge in [-0.1, -0.05) is 31.1 Å². The summed E-state index contributed by atoms with van der Waals surface area (Å²) in [6.07, 6.45) is -0.0937. The van der Waals surface area contributed by atoms with Crippen molar-refractivity contribution in [2.45, 2.75) is 45.7 Å². The normalized spacial score (nSPS) is 17.3. The highest BCUT2D eigenvalue weighted by Gasteiger charge is 2.33. The minimum Gasteiger partial charge on any atom is -0.426 e. The van der Waals surface area contributed by atoms with Crippen LogP contribution in [0.2, 0.25) is 0 Å². The fourth-order valence-electron chi connectivity index (χ4n) is 2.68. The molecular weight excluding hydrogens is 337 g/mol. The Morgan fingerprint density at radius 1 is 1.31 bits per heavy atom. The molecule has 0 aromatic heterocycles. The van der Waals surface area contributed by atoms with Crippen LogP contribution in [0.4, 0.5) is 5.69 Å². The number of nitrogens with one attached hydrogen (secondary N) is 2. The van der Waals surface area contributed by atoms with Crippen LogP contribution in [0.25, 0.3) is 0 Å². The van der Waals surface area contributed by atoms with Crippen LogP contribution in [0.15, 0.2) is 29.4 Å². The first kappa shape index (κ1) is 19.9. The smallest absolute Gasteiger partial charge is 0.426 e. The third-order valence-corrected chi connectivity index (χ3v) is 3.91. The van der Waals surface area contributed by atoms with E-state index in [9.17, 15) is 19.6 Å². The second-order valence-corrected chi connectivity index (χ2v) is 6.75. The van der Waals surface area contributed by atoms with Crippen molar-refractivity contribution in [1.82, 2.24) is 5.32 Å². The standard InChI is InChI=1S/C17H24BN3O5/c1-10(2)8-16(18(24)25)20-17(23)15-9-14(21-26-15)12-4-6-13(7-5-12)19-11(3)22/h4-7,10,15-16,24-25H,8-9H2,1-3H3,(H,19,22)(H,20,23)/t15?,16-/m0/s1. The molecule has 1 aliphatic heterocycles. The molecule has 1 aromatic rings. The minimum atomic E-state index is -1.63. The van der Waals surface area contributed by atoms with Crippen LogP contribution in [-0.4, -0.2) is 46.7 Å². The van der Waals surface area contributed by atoms with E-state index < -0.39 is 25.1 Å². The predicted molar refractivity (Wildman–Crippen MR) is 98.4 cm³/mol. The lowest BCUT2D eigenvalue weighted by Crippen LogP contribution is -2.50. The Morgan fingerprint density at radius 2 is 1.96 bits per heavy atom. The summed E-state index contributed by atoms with van der Waals surface area (Å²) in [7, 11) is -1.63. The zero-order valence-electron chi connectivity index (χ0n) is 15.1. The van der Waals surface area contributed by atoms with Crippen LogP contribution in [0.5, 0.6) is 0 Å². The van der Waals surface area contributed by atoms with E-state index in [0.29, 0.717) is 17.8 Å². The molecule has 0 bridgehead atoms. The number of oxime groups is 1. The molecule has 140 valence electrons. The molecule has 26 heavy (non-hydrogen) atoms. The number of amides is 2. The second kappa shape index (κ2) is 8.82. The molecule has 0 saturated carbocycles. The maximum Gasteiger partial charge on any atom is 0.475 e. The Bertz CT molecular complexity index is 675. The van der Waals surface area contributed by atoms with Crippen molar-refractivity contribution in [3.8, 4) is 0 Å². The zero-order valence-corrected chi connectivity index (χ0v) is 15.1. The Labute approximate surface area is 152 Å². The number of hydrogen-bond acceptors (Lipinski definition) is 6. The molecule has 2 atom stereocenters. The lowest BCUT2D eigenvalue weighted by molar-refractivity contribution is -0.131. The van der Waals surface area contributed by atoms with E-state index in [0.717, 1.165) is 5.56 Å². The van der Waals surface area contributed by atoms with Gasteiger partial charge >= 0.3 is 7.12 Å². The Hall–Kier alpha value is -2.39. The molecule has 0 fully saturated rings. The summed E-state index contributed by atoms with van der Waals surface area (Å²) < 4.78 is 0. The van der Waals surface area contributed by atoms with Crippen molar-refractivity contribution in [3.05, 3.63) is 29.8 Å². The van der Waals surface area contributed by atoms with Gasteiger partial charge in [-0.3, -0.25) is 9.59 Å². The molecule has 0 saturated heterocycles. The van der Waals surface area contributed by atoms with Crippen LogP contribution in [0.1, 0.15) is 39.2 Å². The minimum absolute atomic E-state index is 0.155. The summed E-state index contributed by atoms with van der Waals surface area (Å²) in [6.45, 7) is 5.29. The van der Waals surface area contributed by atoms with Gasteiger partial charge in [-0.2, -0.15) is 0 Å². The van der Waals surface area contributed by atoms with Crippen LogP contribution >= 0.6 is 0 Å². The summed E-state index contributed by atoms with van der Waals surface area (Å²) in [5.74, 6) is -1.15. The van der Waals surface area contributed by atoms with Gasteiger partial charge in [-0.15, -0.1) is 0 Å². The van der Waals surface area contributed by atoms with Gasteiger partial charge in [0.1, 0.15) is 0 Å². The van der Waals surface area contributed by atoms with Crippen LogP contribution in [-0.2, 0) is 14.4 Å². The Morgan fingerprint density at radius 3 is 2.50 bits per heavy atom. The van der Waals surface area contributed by atoms with Crippen molar-refractivity contribution in [2.24, 2.45) is 11.1 Å². The fraction of sp³-hybridized carbons (Fsp3) is 0.471. The topological polar surface area (TPSA) is 120 Å². The zero-order chi connectivity index (χ0) is 19.3. The van der Waals surface area contributed by atoms with E-state index in [1.807, 2.05) is 13.8 Å². The van der Waals surface area contributed by atoms with Crippen LogP contribution in [0, 0.1) is 5.92 Å². The summed E-state index contributed by atoms with van der Waals surface area (Å²) in [4.78, 5) is 28.6. The Balaban J connectivity index is 1.94. The average molecular weight is 361 g/mol. The summed E-state index contributed by atoms with van der Waals surface area (Å²) >= 11 is 0. The van der Waals surface area contributed by atoms with Crippen molar-refractivity contribution in [1.29, 1.82) is 0 Å². The predicted octanol–water partition coefficient (Wildman–Crippen LogP) is 0.681. The molecule has 4 N–H and O–H groups in total. The van der Waals surface area contributed by atoms with Gasteiger partial charge in [0.15, 0.2) is 0 Å². The molecule has 1 heterocycles. The molecule has 2 amide bonds. The van der Waals surface area contributed by atoms with Crippen molar-refractivity contribution in [3.63, 3.8) is 0 Å². The monoisotopic (exact) mass is 361 g/mol. The highest BCUT2D eigenvalue weighted by Crippen LogP contribution is 2.19. The van der Waals surface area contributed by atoms with Gasteiger partial charge in [-0.25, -0.2) is 0 Å². The molecule has 0 aliphatic carbocycles. The molecule has 9 heteroatoms. The molecule has 2 rings (SSSR count). The van der Waals surface area contributed by atoms with Gasteiger partial charge in [0.05, 0.1) is 11.7 Å². The number of nitrogens with zero attached hydrogens (tertiary/aromatic N) is 1. The molecule has 1 aromatic carbocycles. The first-order valence-corrected chi connectivity index (χ1v) is 8.53. The molecule has 8 nitrogen and oxygen atoms in total. The number of anilines is 1. The van der Waals surface area contributed by atoms with Gasteiger partial charge in [0.2, 0.25) is 12.0 Å². The molecule has 0 radical (unpaired) electrons. The number of carbonyl (C=O) groups is 2. The third kappa shape index (κ3) is 5.57. The number of hydrogen-bond donors (Lipinski definition) is 4. The maximum atomic E-state index is 12.3. The SMILES string of the molecule is CC(=O)Nc1ccc(C2=NOC(C(=O)N[C@@H](CC(C)C)B(O)O)C2)cc1. The molecule has 1 aliphatic rings. The lowest BCUT2D eigenvalue weighted by Gasteiger charge is -2.20. The molecule has 1 unspecified atom stereocenters. The van der Waals surface area contributed by atoms with E-state index in [2.05, 4.69) is 15.8 Å². The quantitative estimate of drug-likeness (QED) is 0.533. The average Bonchev–Trinajstić information content (AvgIpc) is 3.04. The van der Waals surface area contributed by atoms with Crippen LogP contribution in [0.3, 0.4) is 0 Å². The first-order valence-electron chi connectivity index (χ1n) is 8.53. The molecular formula is C17H24BN3O5. The molecule has 0 spiro atoms. The highest BCUT2D eigenvalue weighted by molar-refractivity contribution is 6.43. The Kier molecular flexibility index (Phi) is 6.76. The van der Waals surface area contributed by atoms with Crippen molar-refractivity contribution < 1.29 is 24.5 Å². The highest BCUT2D eigenvalue weighted by atomic mass is 16.6. The van der Waals surface area contributed by atoms with E-state index >= 15 is 0 Å². The number of benzene rings is 1. The second-order valence-electron chi connectivity index (χ2n) is 6.75. The van der Waals surface area contributed by atoms with Crippen LogP contribution < -0.4 is 10.6 Å². The van der Waals surface area contributed by atoms with Gasteiger partial charge in [0.25, 0.3) is 5.91 Å². The van der Waals surface area contributed by atoms with E-state index in [1.165, 1.54) is 6.92 Å². The van der Waals surface area contributed by atoms with Crippen molar-refractivity contribution >= 4 is 30.3 Å². The number of rotatable bonds is 7. The van der Waals surface area contributed by atoms with E-state index in [4.69, 9.17) is 4.84 Å². The van der Waals surface area contributed by atoms with E-state index in [1.54, 1.807) is 24.3 Å². The summed E-state index contributed by atoms with van der Waals surface area (Å²) in [5, 5.41) is 28.1.